The van der Waals surface area contributed by atoms with Gasteiger partial charge in [0.05, 0.1) is 25.4 Å². The molecule has 3 aromatic rings. The third kappa shape index (κ3) is 2.56. The molecule has 2 aromatic carbocycles. The van der Waals surface area contributed by atoms with Gasteiger partial charge in [0, 0.05) is 12.4 Å². The predicted molar refractivity (Wildman–Crippen MR) is 90.4 cm³/mol. The Kier molecular flexibility index (Phi) is 4.12. The maximum atomic E-state index is 13.7. The van der Waals surface area contributed by atoms with Crippen LogP contribution in [-0.4, -0.2) is 24.7 Å². The molecule has 124 valence electrons. The fourth-order valence-corrected chi connectivity index (χ4v) is 2.72. The number of carbonyl (C=O) groups excluding carboxylic acids is 1. The van der Waals surface area contributed by atoms with E-state index in [4.69, 9.17) is 9.47 Å². The number of anilines is 1. The van der Waals surface area contributed by atoms with Gasteiger partial charge in [0.1, 0.15) is 23.0 Å². The van der Waals surface area contributed by atoms with E-state index in [2.05, 4.69) is 5.32 Å². The molecule has 0 bridgehead atoms. The van der Waals surface area contributed by atoms with Crippen LogP contribution in [0.4, 0.5) is 10.1 Å². The molecule has 0 saturated carbocycles. The van der Waals surface area contributed by atoms with Crippen molar-refractivity contribution in [3.8, 4) is 11.5 Å². The first-order chi connectivity index (χ1) is 11.6. The van der Waals surface area contributed by atoms with E-state index in [9.17, 15) is 9.18 Å². The van der Waals surface area contributed by atoms with Gasteiger partial charge in [-0.1, -0.05) is 12.1 Å². The Labute approximate surface area is 138 Å². The molecular formula is C18H17FN2O3. The van der Waals surface area contributed by atoms with Crippen molar-refractivity contribution in [2.45, 2.75) is 0 Å². The van der Waals surface area contributed by atoms with Crippen molar-refractivity contribution in [2.75, 3.05) is 19.5 Å². The number of nitrogens with one attached hydrogen (secondary N) is 1. The minimum absolute atomic E-state index is 0.131. The zero-order chi connectivity index (χ0) is 17.3. The Morgan fingerprint density at radius 3 is 2.42 bits per heavy atom. The third-order valence-electron chi connectivity index (χ3n) is 3.91. The van der Waals surface area contributed by atoms with Gasteiger partial charge in [0.2, 0.25) is 0 Å². The SMILES string of the molecule is COc1ccc(OC)c2c1cc(C(=O)Nc1ccccc1F)n2C. The molecule has 1 heterocycles. The van der Waals surface area contributed by atoms with Crippen molar-refractivity contribution >= 4 is 22.5 Å². The summed E-state index contributed by atoms with van der Waals surface area (Å²) in [6.07, 6.45) is 0. The lowest BCUT2D eigenvalue weighted by Crippen LogP contribution is -2.16. The van der Waals surface area contributed by atoms with Crippen LogP contribution in [0.1, 0.15) is 10.5 Å². The number of ether oxygens (including phenoxy) is 2. The van der Waals surface area contributed by atoms with Crippen molar-refractivity contribution < 1.29 is 18.7 Å². The first-order valence-electron chi connectivity index (χ1n) is 7.33. The molecule has 1 aromatic heterocycles. The summed E-state index contributed by atoms with van der Waals surface area (Å²) in [5.74, 6) is 0.354. The van der Waals surface area contributed by atoms with E-state index in [-0.39, 0.29) is 5.69 Å². The van der Waals surface area contributed by atoms with Crippen molar-refractivity contribution in [2.24, 2.45) is 7.05 Å². The van der Waals surface area contributed by atoms with Gasteiger partial charge in [-0.2, -0.15) is 0 Å². The first kappa shape index (κ1) is 15.9. The number of nitrogens with zero attached hydrogens (tertiary/aromatic N) is 1. The Bertz CT molecular complexity index is 918. The Balaban J connectivity index is 2.08. The summed E-state index contributed by atoms with van der Waals surface area (Å²) in [6.45, 7) is 0. The minimum atomic E-state index is -0.486. The summed E-state index contributed by atoms with van der Waals surface area (Å²) in [4.78, 5) is 12.6. The molecule has 0 aliphatic carbocycles. The summed E-state index contributed by atoms with van der Waals surface area (Å²) in [6, 6.07) is 11.3. The average Bonchev–Trinajstić information content (AvgIpc) is 2.94. The van der Waals surface area contributed by atoms with Gasteiger partial charge in [0.25, 0.3) is 5.91 Å². The Morgan fingerprint density at radius 2 is 1.75 bits per heavy atom. The highest BCUT2D eigenvalue weighted by Gasteiger charge is 2.19. The van der Waals surface area contributed by atoms with Crippen molar-refractivity contribution in [1.29, 1.82) is 0 Å². The molecule has 0 aliphatic rings. The van der Waals surface area contributed by atoms with E-state index in [0.717, 1.165) is 10.9 Å². The number of para-hydroxylation sites is 1. The topological polar surface area (TPSA) is 52.5 Å². The van der Waals surface area contributed by atoms with Crippen molar-refractivity contribution in [1.82, 2.24) is 4.57 Å². The van der Waals surface area contributed by atoms with Crippen molar-refractivity contribution in [3.05, 3.63) is 54.0 Å². The van der Waals surface area contributed by atoms with E-state index in [1.807, 2.05) is 0 Å². The number of aromatic nitrogens is 1. The zero-order valence-electron chi connectivity index (χ0n) is 13.6. The van der Waals surface area contributed by atoms with Crippen LogP contribution in [-0.2, 0) is 7.05 Å². The number of methoxy groups -OCH3 is 2. The molecule has 0 spiro atoms. The largest absolute Gasteiger partial charge is 0.496 e. The zero-order valence-corrected chi connectivity index (χ0v) is 13.6. The summed E-state index contributed by atoms with van der Waals surface area (Å²) in [5.41, 5.74) is 1.23. The number of fused-ring (bicyclic) bond motifs is 1. The van der Waals surface area contributed by atoms with Crippen LogP contribution in [0, 0.1) is 5.82 Å². The third-order valence-corrected chi connectivity index (χ3v) is 3.91. The quantitative estimate of drug-likeness (QED) is 0.796. The molecule has 0 fully saturated rings. The Morgan fingerprint density at radius 1 is 1.08 bits per heavy atom. The molecule has 6 heteroatoms. The molecule has 1 N–H and O–H groups in total. The highest BCUT2D eigenvalue weighted by Crippen LogP contribution is 2.35. The number of hydrogen-bond acceptors (Lipinski definition) is 3. The standard InChI is InChI=1S/C18H17FN2O3/c1-21-14(18(22)20-13-7-5-4-6-12(13)19)10-11-15(23-2)8-9-16(24-3)17(11)21/h4-10H,1-3H3,(H,20,22). The average molecular weight is 328 g/mol. The molecule has 0 aliphatic heterocycles. The van der Waals surface area contributed by atoms with Gasteiger partial charge in [-0.15, -0.1) is 0 Å². The number of aryl methyl sites for hydroxylation is 1. The minimum Gasteiger partial charge on any atom is -0.496 e. The molecule has 0 radical (unpaired) electrons. The summed E-state index contributed by atoms with van der Waals surface area (Å²) >= 11 is 0. The fourth-order valence-electron chi connectivity index (χ4n) is 2.72. The smallest absolute Gasteiger partial charge is 0.272 e. The summed E-state index contributed by atoms with van der Waals surface area (Å²) < 4.78 is 26.2. The van der Waals surface area contributed by atoms with E-state index >= 15 is 0 Å². The highest BCUT2D eigenvalue weighted by molar-refractivity contribution is 6.08. The maximum Gasteiger partial charge on any atom is 0.272 e. The monoisotopic (exact) mass is 328 g/mol. The predicted octanol–water partition coefficient (Wildman–Crippen LogP) is 3.59. The number of halogens is 1. The second-order valence-electron chi connectivity index (χ2n) is 5.25. The van der Waals surface area contributed by atoms with Crippen LogP contribution < -0.4 is 14.8 Å². The van der Waals surface area contributed by atoms with Crippen molar-refractivity contribution in [3.63, 3.8) is 0 Å². The Hall–Kier alpha value is -3.02. The van der Waals surface area contributed by atoms with Crippen LogP contribution >= 0.6 is 0 Å². The molecule has 0 unspecified atom stereocenters. The lowest BCUT2D eigenvalue weighted by atomic mass is 10.2. The summed E-state index contributed by atoms with van der Waals surface area (Å²) in [5, 5.41) is 3.34. The van der Waals surface area contributed by atoms with Gasteiger partial charge < -0.3 is 19.4 Å². The van der Waals surface area contributed by atoms with Crippen LogP contribution in [0.3, 0.4) is 0 Å². The van der Waals surface area contributed by atoms with Crippen LogP contribution in [0.15, 0.2) is 42.5 Å². The molecule has 24 heavy (non-hydrogen) atoms. The van der Waals surface area contributed by atoms with Gasteiger partial charge in [-0.05, 0) is 30.3 Å². The number of amides is 1. The molecule has 0 atom stereocenters. The van der Waals surface area contributed by atoms with Crippen LogP contribution in [0.2, 0.25) is 0 Å². The van der Waals surface area contributed by atoms with E-state index in [1.165, 1.54) is 12.1 Å². The molecule has 3 rings (SSSR count). The van der Waals surface area contributed by atoms with E-state index in [0.29, 0.717) is 17.2 Å². The second kappa shape index (κ2) is 6.23. The number of carbonyl (C=O) groups is 1. The lowest BCUT2D eigenvalue weighted by molar-refractivity contribution is 0.101. The second-order valence-corrected chi connectivity index (χ2v) is 5.25. The van der Waals surface area contributed by atoms with Gasteiger partial charge >= 0.3 is 0 Å². The highest BCUT2D eigenvalue weighted by atomic mass is 19.1. The van der Waals surface area contributed by atoms with Gasteiger partial charge in [0.15, 0.2) is 0 Å². The van der Waals surface area contributed by atoms with Gasteiger partial charge in [-0.25, -0.2) is 4.39 Å². The number of hydrogen-bond donors (Lipinski definition) is 1. The lowest BCUT2D eigenvalue weighted by Gasteiger charge is -2.09. The van der Waals surface area contributed by atoms with E-state index < -0.39 is 11.7 Å². The van der Waals surface area contributed by atoms with Crippen LogP contribution in [0.5, 0.6) is 11.5 Å². The first-order valence-corrected chi connectivity index (χ1v) is 7.33. The molecule has 5 nitrogen and oxygen atoms in total. The molecular weight excluding hydrogens is 311 g/mol. The van der Waals surface area contributed by atoms with Crippen LogP contribution in [0.25, 0.3) is 10.9 Å². The fraction of sp³-hybridized carbons (Fsp3) is 0.167. The molecule has 1 amide bonds. The molecule has 0 saturated heterocycles. The normalized spacial score (nSPS) is 10.7. The number of rotatable bonds is 4. The van der Waals surface area contributed by atoms with Gasteiger partial charge in [-0.3, -0.25) is 4.79 Å². The van der Waals surface area contributed by atoms with E-state index in [1.54, 1.807) is 56.2 Å². The number of benzene rings is 2. The maximum absolute atomic E-state index is 13.7. The summed E-state index contributed by atoms with van der Waals surface area (Å²) in [7, 11) is 4.88.